The maximum atomic E-state index is 13.9. The molecule has 0 unspecified atom stereocenters. The van der Waals surface area contributed by atoms with Crippen molar-refractivity contribution >= 4 is 104 Å². The molecule has 3 aromatic heterocycles. The van der Waals surface area contributed by atoms with Crippen LogP contribution in [0.3, 0.4) is 0 Å². The van der Waals surface area contributed by atoms with Crippen molar-refractivity contribution in [1.29, 1.82) is 0 Å². The van der Waals surface area contributed by atoms with E-state index in [1.54, 1.807) is 77.7 Å². The van der Waals surface area contributed by atoms with Crippen molar-refractivity contribution in [3.8, 4) is 0 Å². The molecular weight excluding hydrogens is 1310 g/mol. The Bertz CT molecular complexity index is 4610. The number of fused-ring (bicyclic) bond motifs is 3. The van der Waals surface area contributed by atoms with E-state index in [1.165, 1.54) is 5.56 Å². The SMILES string of the molecule is Cl.N[C@@H](Cc1ccccc1)C(=O)N1CCN(c2ccccc2CN2CCCC2=O)CC1.O=C(N[C@@H](Cc1ccc(Cl)cc1)C(=O)N1CCN(c2ccccc2CN2CCCC2=O)CC1)c1cc(=O)c2ccccc2o1.O=C(O)c1cc(=O)c2ccccc2o1.On1nnc2ccccc21. The first-order valence-corrected chi connectivity index (χ1v) is 32.8. The lowest BCUT2D eigenvalue weighted by Gasteiger charge is -2.38. The number of carbonyl (C=O) groups is 6. The van der Waals surface area contributed by atoms with Gasteiger partial charge in [-0.2, -0.15) is 0 Å². The van der Waals surface area contributed by atoms with Crippen LogP contribution >= 0.6 is 24.0 Å². The second kappa shape index (κ2) is 33.4. The summed E-state index contributed by atoms with van der Waals surface area (Å²) in [5.74, 6) is -2.13. The number of aromatic nitrogens is 3. The van der Waals surface area contributed by atoms with Crippen LogP contribution in [0.15, 0.2) is 206 Å². The fraction of sp³-hybridized carbons (Fsp3) is 0.270. The number of piperazine rings is 2. The van der Waals surface area contributed by atoms with Gasteiger partial charge in [-0.25, -0.2) is 4.79 Å². The Morgan fingerprint density at radius 1 is 0.535 bits per heavy atom. The van der Waals surface area contributed by atoms with Gasteiger partial charge in [0, 0.05) is 126 Å². The molecule has 4 saturated heterocycles. The number of para-hydroxylation sites is 5. The zero-order valence-electron chi connectivity index (χ0n) is 54.1. The van der Waals surface area contributed by atoms with E-state index in [9.17, 15) is 38.4 Å². The van der Waals surface area contributed by atoms with Gasteiger partial charge >= 0.3 is 5.97 Å². The Morgan fingerprint density at radius 3 is 1.53 bits per heavy atom. The van der Waals surface area contributed by atoms with E-state index in [0.29, 0.717) is 104 Å². The third-order valence-corrected chi connectivity index (χ3v) is 17.8. The maximum absolute atomic E-state index is 13.9. The number of nitrogens with two attached hydrogens (primary N) is 1. The van der Waals surface area contributed by atoms with Crippen LogP contribution in [-0.2, 0) is 45.1 Å². The molecule has 14 rings (SSSR count). The molecule has 7 heterocycles. The lowest BCUT2D eigenvalue weighted by atomic mass is 10.0. The molecule has 10 aromatic rings. The van der Waals surface area contributed by atoms with Crippen molar-refractivity contribution in [2.24, 2.45) is 5.73 Å². The third-order valence-electron chi connectivity index (χ3n) is 17.5. The summed E-state index contributed by atoms with van der Waals surface area (Å²) in [6.07, 6.45) is 3.91. The third kappa shape index (κ3) is 18.0. The average molecular weight is 1380 g/mol. The molecule has 25 heteroatoms. The number of carboxylic acid groups (broad SMARTS) is 1. The minimum atomic E-state index is -1.24. The summed E-state index contributed by atoms with van der Waals surface area (Å²) in [4.78, 5) is 112. The summed E-state index contributed by atoms with van der Waals surface area (Å²) < 4.78 is 10.7. The van der Waals surface area contributed by atoms with E-state index in [0.717, 1.165) is 84.1 Å². The number of anilines is 2. The number of aromatic carboxylic acids is 1. The molecule has 4 aliphatic rings. The number of halogens is 2. The number of nitrogens with zero attached hydrogens (tertiary/aromatic N) is 9. The molecular formula is C74H75Cl2N11O12. The molecule has 0 radical (unpaired) electrons. The number of hydrogen-bond donors (Lipinski definition) is 4. The molecule has 0 bridgehead atoms. The number of amides is 5. The van der Waals surface area contributed by atoms with Crippen LogP contribution in [0.1, 0.15) is 69.0 Å². The van der Waals surface area contributed by atoms with Gasteiger partial charge in [-0.1, -0.05) is 132 Å². The zero-order chi connectivity index (χ0) is 68.7. The number of carboxylic acids is 1. The highest BCUT2D eigenvalue weighted by molar-refractivity contribution is 6.30. The van der Waals surface area contributed by atoms with Gasteiger partial charge < -0.3 is 59.6 Å². The number of rotatable bonds is 15. The smallest absolute Gasteiger partial charge is 0.371 e. The Balaban J connectivity index is 0.000000164. The number of nitrogens with one attached hydrogen (secondary N) is 1. The Kier molecular flexibility index (Phi) is 23.9. The highest BCUT2D eigenvalue weighted by Crippen LogP contribution is 2.28. The van der Waals surface area contributed by atoms with Crippen LogP contribution < -0.4 is 31.7 Å². The monoisotopic (exact) mass is 1380 g/mol. The molecule has 5 amide bonds. The normalized spacial score (nSPS) is 15.1. The molecule has 4 aliphatic heterocycles. The first kappa shape index (κ1) is 70.9. The highest BCUT2D eigenvalue weighted by atomic mass is 35.5. The van der Waals surface area contributed by atoms with Gasteiger partial charge in [-0.05, 0) is 107 Å². The zero-order valence-corrected chi connectivity index (χ0v) is 55.7. The molecule has 0 saturated carbocycles. The first-order valence-electron chi connectivity index (χ1n) is 32.5. The summed E-state index contributed by atoms with van der Waals surface area (Å²) in [5, 5.41) is 28.9. The van der Waals surface area contributed by atoms with Crippen LogP contribution in [0.5, 0.6) is 0 Å². The summed E-state index contributed by atoms with van der Waals surface area (Å²) in [6.45, 7) is 7.88. The molecule has 5 N–H and O–H groups in total. The van der Waals surface area contributed by atoms with E-state index in [-0.39, 0.29) is 70.4 Å². The first-order chi connectivity index (χ1) is 47.5. The summed E-state index contributed by atoms with van der Waals surface area (Å²) >= 11 is 6.08. The van der Waals surface area contributed by atoms with Gasteiger partial charge in [-0.15, -0.1) is 17.5 Å². The van der Waals surface area contributed by atoms with Crippen molar-refractivity contribution in [2.45, 2.75) is 63.7 Å². The van der Waals surface area contributed by atoms with Gasteiger partial charge in [0.05, 0.1) is 16.8 Å². The standard InChI is InChI=1S/C34H33ClN4O5.C24H30N4O2.C10H6O4.C6H5N3O.ClH/c35-25-13-11-23(12-14-25)20-27(36-33(42)31-21-29(40)26-7-2-4-9-30(26)44-31)34(43)38-18-16-37(17-19-38)28-8-3-1-6-24(28)22-39-15-5-10-32(39)41;25-21(17-19-7-2-1-3-8-19)24(30)27-15-13-26(14-16-27)22-10-5-4-9-20(22)18-28-12-6-11-23(28)29;11-7-5-9(10(12)13)14-8-4-2-1-3-6(7)8;10-9-6-4-2-1-3-5(6)7-8-9;/h1-4,6-9,11-14,21,27H,5,10,15-20,22H2,(H,36,42);1-5,7-10,21H,6,11-18,25H2;1-5H,(H,12,13);1-4,10H;1H/t27-;21-;;;/m00.../s1. The quantitative estimate of drug-likeness (QED) is 0.0697. The molecule has 4 fully saturated rings. The van der Waals surface area contributed by atoms with Crippen LogP contribution in [-0.4, -0.2) is 158 Å². The Hall–Kier alpha value is -10.9. The average Bonchev–Trinajstić information content (AvgIpc) is 1.58. The topological polar surface area (TPSA) is 292 Å². The van der Waals surface area contributed by atoms with Crippen molar-refractivity contribution in [2.75, 3.05) is 75.2 Å². The van der Waals surface area contributed by atoms with Crippen molar-refractivity contribution in [3.05, 3.63) is 247 Å². The lowest BCUT2D eigenvalue weighted by molar-refractivity contribution is -0.134. The second-order valence-corrected chi connectivity index (χ2v) is 24.5. The Labute approximate surface area is 580 Å². The second-order valence-electron chi connectivity index (χ2n) is 24.1. The maximum Gasteiger partial charge on any atom is 0.371 e. The number of carbonyl (C=O) groups excluding carboxylic acids is 5. The van der Waals surface area contributed by atoms with E-state index >= 15 is 0 Å². The van der Waals surface area contributed by atoms with Crippen LogP contribution in [0.4, 0.5) is 11.4 Å². The molecule has 99 heavy (non-hydrogen) atoms. The predicted molar refractivity (Wildman–Crippen MR) is 378 cm³/mol. The Morgan fingerprint density at radius 2 is 1.00 bits per heavy atom. The van der Waals surface area contributed by atoms with Gasteiger partial charge in [0.25, 0.3) is 5.91 Å². The van der Waals surface area contributed by atoms with E-state index in [1.807, 2.05) is 93.6 Å². The summed E-state index contributed by atoms with van der Waals surface area (Å²) in [5.41, 5.74) is 13.9. The number of likely N-dealkylation sites (tertiary alicyclic amines) is 2. The molecule has 512 valence electrons. The van der Waals surface area contributed by atoms with Gasteiger partial charge in [-0.3, -0.25) is 33.6 Å². The van der Waals surface area contributed by atoms with Crippen molar-refractivity contribution in [1.82, 2.24) is 40.1 Å². The van der Waals surface area contributed by atoms with Crippen LogP contribution in [0, 0.1) is 0 Å². The molecule has 0 spiro atoms. The van der Waals surface area contributed by atoms with Crippen molar-refractivity contribution in [3.63, 3.8) is 0 Å². The van der Waals surface area contributed by atoms with Crippen LogP contribution in [0.2, 0.25) is 5.02 Å². The van der Waals surface area contributed by atoms with Crippen molar-refractivity contribution < 1.29 is 47.9 Å². The largest absolute Gasteiger partial charge is 0.475 e. The fourth-order valence-corrected chi connectivity index (χ4v) is 12.5. The predicted octanol–water partition coefficient (Wildman–Crippen LogP) is 8.87. The van der Waals surface area contributed by atoms with Gasteiger partial charge in [0.1, 0.15) is 28.2 Å². The molecule has 2 atom stereocenters. The number of benzene rings is 7. The van der Waals surface area contributed by atoms with Crippen LogP contribution in [0.25, 0.3) is 33.0 Å². The fourth-order valence-electron chi connectivity index (χ4n) is 12.4. The lowest BCUT2D eigenvalue weighted by Crippen LogP contribution is -2.55. The van der Waals surface area contributed by atoms with E-state index in [2.05, 4.69) is 49.7 Å². The van der Waals surface area contributed by atoms with E-state index < -0.39 is 24.0 Å². The van der Waals surface area contributed by atoms with E-state index in [4.69, 9.17) is 36.5 Å². The molecule has 0 aliphatic carbocycles. The minimum Gasteiger partial charge on any atom is -0.475 e. The number of hydrogen-bond acceptors (Lipinski definition) is 16. The molecule has 23 nitrogen and oxygen atoms in total. The summed E-state index contributed by atoms with van der Waals surface area (Å²) in [6, 6.07) is 54.6. The minimum absolute atomic E-state index is 0. The van der Waals surface area contributed by atoms with Gasteiger partial charge in [0.2, 0.25) is 29.4 Å². The highest BCUT2D eigenvalue weighted by Gasteiger charge is 2.32. The summed E-state index contributed by atoms with van der Waals surface area (Å²) in [7, 11) is 0. The molecule has 7 aromatic carbocycles. The van der Waals surface area contributed by atoms with Gasteiger partial charge in [0.15, 0.2) is 16.6 Å².